The number of amides is 3. The number of anilines is 1. The molecular weight excluding hydrogens is 383 g/mol. The van der Waals surface area contributed by atoms with Gasteiger partial charge in [0.15, 0.2) is 11.5 Å². The molecule has 26 heavy (non-hydrogen) atoms. The third kappa shape index (κ3) is 6.53. The number of nitrogens with one attached hydrogen (secondary N) is 3. The molecule has 0 radical (unpaired) electrons. The minimum absolute atomic E-state index is 0. The number of ether oxygens (including phenoxy) is 2. The molecule has 1 fully saturated rings. The number of imide groups is 1. The van der Waals surface area contributed by atoms with Gasteiger partial charge in [-0.1, -0.05) is 0 Å². The van der Waals surface area contributed by atoms with E-state index in [2.05, 4.69) is 16.0 Å². The normalized spacial score (nSPS) is 16.3. The Balaban J connectivity index is 0.00000169. The lowest BCUT2D eigenvalue weighted by Crippen LogP contribution is -2.48. The number of benzene rings is 1. The lowest BCUT2D eigenvalue weighted by atomic mass is 10.3. The van der Waals surface area contributed by atoms with Gasteiger partial charge in [0.1, 0.15) is 0 Å². The number of carbonyl (C=O) groups is 2. The minimum atomic E-state index is -0.551. The summed E-state index contributed by atoms with van der Waals surface area (Å²) in [5.74, 6) is 0.939. The first-order valence-corrected chi connectivity index (χ1v) is 8.14. The van der Waals surface area contributed by atoms with Crippen LogP contribution in [0.15, 0.2) is 18.2 Å². The zero-order valence-electron chi connectivity index (χ0n) is 14.3. The van der Waals surface area contributed by atoms with Crippen LogP contribution >= 0.6 is 24.8 Å². The van der Waals surface area contributed by atoms with Crippen LogP contribution in [-0.4, -0.2) is 62.8 Å². The van der Waals surface area contributed by atoms with Crippen molar-refractivity contribution in [3.05, 3.63) is 18.2 Å². The molecule has 3 N–H and O–H groups in total. The Morgan fingerprint density at radius 1 is 1.08 bits per heavy atom. The van der Waals surface area contributed by atoms with Crippen LogP contribution in [0.2, 0.25) is 0 Å². The first-order valence-electron chi connectivity index (χ1n) is 8.14. The largest absolute Gasteiger partial charge is 0.490 e. The van der Waals surface area contributed by atoms with Crippen LogP contribution in [0.4, 0.5) is 10.5 Å². The van der Waals surface area contributed by atoms with E-state index in [1.54, 1.807) is 18.2 Å². The summed E-state index contributed by atoms with van der Waals surface area (Å²) in [6.45, 7) is 4.73. The van der Waals surface area contributed by atoms with Gasteiger partial charge in [-0.15, -0.1) is 24.8 Å². The van der Waals surface area contributed by atoms with E-state index in [4.69, 9.17) is 9.47 Å². The van der Waals surface area contributed by atoms with E-state index in [1.165, 1.54) is 0 Å². The van der Waals surface area contributed by atoms with Crippen LogP contribution in [0.25, 0.3) is 0 Å². The smallest absolute Gasteiger partial charge is 0.325 e. The number of urea groups is 1. The Bertz CT molecular complexity index is 612. The van der Waals surface area contributed by atoms with Gasteiger partial charge in [0, 0.05) is 44.4 Å². The van der Waals surface area contributed by atoms with Crippen LogP contribution < -0.4 is 25.4 Å². The first-order chi connectivity index (χ1) is 11.7. The monoisotopic (exact) mass is 406 g/mol. The Morgan fingerprint density at radius 2 is 1.77 bits per heavy atom. The fourth-order valence-corrected chi connectivity index (χ4v) is 2.64. The van der Waals surface area contributed by atoms with Gasteiger partial charge in [-0.05, 0) is 12.1 Å². The zero-order valence-corrected chi connectivity index (χ0v) is 15.9. The molecule has 0 aliphatic carbocycles. The van der Waals surface area contributed by atoms with E-state index in [9.17, 15) is 9.59 Å². The van der Waals surface area contributed by atoms with Gasteiger partial charge in [-0.25, -0.2) is 4.79 Å². The van der Waals surface area contributed by atoms with Crippen molar-refractivity contribution in [2.24, 2.45) is 0 Å². The second-order valence-electron chi connectivity index (χ2n) is 5.74. The summed E-state index contributed by atoms with van der Waals surface area (Å²) >= 11 is 0. The molecular formula is C16H24Cl2N4O4. The third-order valence-electron chi connectivity index (χ3n) is 3.84. The third-order valence-corrected chi connectivity index (χ3v) is 3.84. The second-order valence-corrected chi connectivity index (χ2v) is 5.74. The molecule has 3 rings (SSSR count). The van der Waals surface area contributed by atoms with E-state index < -0.39 is 6.03 Å². The quantitative estimate of drug-likeness (QED) is 0.699. The van der Waals surface area contributed by atoms with Crippen molar-refractivity contribution in [2.75, 3.05) is 51.3 Å². The van der Waals surface area contributed by atoms with Crippen LogP contribution in [-0.2, 0) is 4.79 Å². The standard InChI is InChI=1S/C16H22N4O4.2ClH/c21-15(11-20-6-4-17-5-7-20)19-16(22)18-12-2-3-13-14(10-12)24-9-1-8-23-13;;/h2-3,10,17H,1,4-9,11H2,(H2,18,19,21,22);2*1H. The molecule has 2 aliphatic rings. The molecule has 2 aliphatic heterocycles. The number of hydrogen-bond donors (Lipinski definition) is 3. The summed E-state index contributed by atoms with van der Waals surface area (Å²) in [5.41, 5.74) is 0.548. The molecule has 2 heterocycles. The summed E-state index contributed by atoms with van der Waals surface area (Å²) in [5, 5.41) is 8.20. The molecule has 0 atom stereocenters. The number of carbonyl (C=O) groups excluding carboxylic acids is 2. The summed E-state index contributed by atoms with van der Waals surface area (Å²) in [7, 11) is 0. The summed E-state index contributed by atoms with van der Waals surface area (Å²) < 4.78 is 11.1. The van der Waals surface area contributed by atoms with Gasteiger partial charge >= 0.3 is 6.03 Å². The molecule has 1 saturated heterocycles. The highest BCUT2D eigenvalue weighted by Gasteiger charge is 2.16. The van der Waals surface area contributed by atoms with Crippen molar-refractivity contribution < 1.29 is 19.1 Å². The average Bonchev–Trinajstić information content (AvgIpc) is 2.80. The number of fused-ring (bicyclic) bond motifs is 1. The molecule has 1 aromatic rings. The maximum Gasteiger partial charge on any atom is 0.325 e. The highest BCUT2D eigenvalue weighted by Crippen LogP contribution is 2.32. The van der Waals surface area contributed by atoms with E-state index in [-0.39, 0.29) is 37.3 Å². The van der Waals surface area contributed by atoms with Crippen molar-refractivity contribution in [1.29, 1.82) is 0 Å². The van der Waals surface area contributed by atoms with Gasteiger partial charge in [-0.3, -0.25) is 15.0 Å². The molecule has 0 saturated carbocycles. The number of rotatable bonds is 3. The Kier molecular flexibility index (Phi) is 9.50. The molecule has 0 aromatic heterocycles. The van der Waals surface area contributed by atoms with Crippen LogP contribution in [0.3, 0.4) is 0 Å². The SMILES string of the molecule is Cl.Cl.O=C(CN1CCNCC1)NC(=O)Nc1ccc2c(c1)OCCCO2. The highest BCUT2D eigenvalue weighted by atomic mass is 35.5. The van der Waals surface area contributed by atoms with Gasteiger partial charge in [0.25, 0.3) is 0 Å². The molecule has 3 amide bonds. The number of halogens is 2. The van der Waals surface area contributed by atoms with Gasteiger partial charge < -0.3 is 20.1 Å². The topological polar surface area (TPSA) is 91.9 Å². The first kappa shape index (κ1) is 22.3. The minimum Gasteiger partial charge on any atom is -0.490 e. The lowest BCUT2D eigenvalue weighted by Gasteiger charge is -2.26. The number of hydrogen-bond acceptors (Lipinski definition) is 6. The predicted molar refractivity (Wildman–Crippen MR) is 103 cm³/mol. The summed E-state index contributed by atoms with van der Waals surface area (Å²) in [4.78, 5) is 25.9. The van der Waals surface area contributed by atoms with Crippen LogP contribution in [0.1, 0.15) is 6.42 Å². The van der Waals surface area contributed by atoms with E-state index >= 15 is 0 Å². The maximum absolute atomic E-state index is 12.0. The zero-order chi connectivity index (χ0) is 16.8. The molecule has 8 nitrogen and oxygen atoms in total. The summed E-state index contributed by atoms with van der Waals surface area (Å²) in [6.07, 6.45) is 0.818. The Hall–Kier alpha value is -1.74. The average molecular weight is 407 g/mol. The van der Waals surface area contributed by atoms with Crippen LogP contribution in [0, 0.1) is 0 Å². The summed E-state index contributed by atoms with van der Waals surface area (Å²) in [6, 6.07) is 4.61. The molecule has 1 aromatic carbocycles. The van der Waals surface area contributed by atoms with Gasteiger partial charge in [0.2, 0.25) is 5.91 Å². The predicted octanol–water partition coefficient (Wildman–Crippen LogP) is 1.24. The fourth-order valence-electron chi connectivity index (χ4n) is 2.64. The van der Waals surface area contributed by atoms with Crippen molar-refractivity contribution in [1.82, 2.24) is 15.5 Å². The second kappa shape index (κ2) is 11.1. The highest BCUT2D eigenvalue weighted by molar-refractivity contribution is 6.01. The van der Waals surface area contributed by atoms with E-state index in [0.29, 0.717) is 30.4 Å². The van der Waals surface area contributed by atoms with Crippen LogP contribution in [0.5, 0.6) is 11.5 Å². The molecule has 0 unspecified atom stereocenters. The molecule has 146 valence electrons. The lowest BCUT2D eigenvalue weighted by molar-refractivity contribution is -0.121. The molecule has 10 heteroatoms. The van der Waals surface area contributed by atoms with E-state index in [1.807, 2.05) is 4.90 Å². The van der Waals surface area contributed by atoms with Gasteiger partial charge in [0.05, 0.1) is 19.8 Å². The maximum atomic E-state index is 12.0. The molecule has 0 spiro atoms. The molecule has 0 bridgehead atoms. The number of piperazine rings is 1. The van der Waals surface area contributed by atoms with Gasteiger partial charge in [-0.2, -0.15) is 0 Å². The van der Waals surface area contributed by atoms with Crippen molar-refractivity contribution in [3.63, 3.8) is 0 Å². The number of nitrogens with zero attached hydrogens (tertiary/aromatic N) is 1. The van der Waals surface area contributed by atoms with Crippen molar-refractivity contribution in [2.45, 2.75) is 6.42 Å². The van der Waals surface area contributed by atoms with Crippen molar-refractivity contribution >= 4 is 42.4 Å². The fraction of sp³-hybridized carbons (Fsp3) is 0.500. The van der Waals surface area contributed by atoms with E-state index in [0.717, 1.165) is 32.6 Å². The Morgan fingerprint density at radius 3 is 2.50 bits per heavy atom. The van der Waals surface area contributed by atoms with Crippen molar-refractivity contribution in [3.8, 4) is 11.5 Å². The Labute approximate surface area is 164 Å².